The van der Waals surface area contributed by atoms with E-state index in [-0.39, 0.29) is 18.1 Å². The van der Waals surface area contributed by atoms with Gasteiger partial charge >= 0.3 is 0 Å². The van der Waals surface area contributed by atoms with Crippen molar-refractivity contribution < 1.29 is 9.22 Å². The molecule has 1 N–H and O–H groups in total. The van der Waals surface area contributed by atoms with Gasteiger partial charge in [0.2, 0.25) is 14.2 Å². The largest absolute Gasteiger partial charge is 0.411 e. The summed E-state index contributed by atoms with van der Waals surface area (Å²) in [6, 6.07) is 0.214. The Morgan fingerprint density at radius 2 is 1.40 bits per heavy atom. The molecule has 0 unspecified atom stereocenters. The maximum absolute atomic E-state index is 11.2. The Balaban J connectivity index is 2.99. The molecule has 4 heteroatoms. The highest BCUT2D eigenvalue weighted by atomic mass is 28.4. The summed E-state index contributed by atoms with van der Waals surface area (Å²) in [5.74, 6) is 0.596. The van der Waals surface area contributed by atoms with E-state index in [0.717, 1.165) is 0 Å². The second-order valence-electron chi connectivity index (χ2n) is 7.52. The predicted molar refractivity (Wildman–Crippen MR) is 87.3 cm³/mol. The van der Waals surface area contributed by atoms with E-state index < -0.39 is 8.32 Å². The summed E-state index contributed by atoms with van der Waals surface area (Å²) < 4.78 is 6.86. The molecule has 1 amide bonds. The summed E-state index contributed by atoms with van der Waals surface area (Å²) in [5.41, 5.74) is 1.75. The second-order valence-corrected chi connectivity index (χ2v) is 12.9. The van der Waals surface area contributed by atoms with Crippen LogP contribution in [-0.4, -0.2) is 26.4 Å². The van der Waals surface area contributed by atoms with Crippen molar-refractivity contribution in [2.75, 3.05) is 0 Å². The first-order chi connectivity index (χ1) is 9.12. The van der Waals surface area contributed by atoms with E-state index in [1.807, 2.05) is 0 Å². The maximum atomic E-state index is 11.2. The molecule has 0 aliphatic carbocycles. The first kappa shape index (κ1) is 17.7. The van der Waals surface area contributed by atoms with Crippen LogP contribution in [0, 0.1) is 5.92 Å². The molecule has 0 saturated carbocycles. The summed E-state index contributed by atoms with van der Waals surface area (Å²) in [6.07, 6.45) is 0.785. The van der Waals surface area contributed by atoms with Crippen LogP contribution in [0.25, 0.3) is 0 Å². The fourth-order valence-corrected chi connectivity index (χ4v) is 9.63. The molecule has 1 aliphatic rings. The third kappa shape index (κ3) is 3.27. The van der Waals surface area contributed by atoms with Crippen molar-refractivity contribution >= 4 is 14.2 Å². The molecule has 2 atom stereocenters. The lowest BCUT2D eigenvalue weighted by Gasteiger charge is -2.48. The topological polar surface area (TPSA) is 38.3 Å². The molecular weight excluding hydrogens is 266 g/mol. The maximum Gasteiger partial charge on any atom is 0.222 e. The van der Waals surface area contributed by atoms with Crippen LogP contribution in [0.15, 0.2) is 0 Å². The van der Waals surface area contributed by atoms with Crippen LogP contribution in [0.2, 0.25) is 16.6 Å². The van der Waals surface area contributed by atoms with E-state index >= 15 is 0 Å². The van der Waals surface area contributed by atoms with Crippen molar-refractivity contribution in [3.63, 3.8) is 0 Å². The van der Waals surface area contributed by atoms with Crippen LogP contribution in [0.5, 0.6) is 0 Å². The summed E-state index contributed by atoms with van der Waals surface area (Å²) in [7, 11) is -1.87. The number of hydrogen-bond donors (Lipinski definition) is 1. The van der Waals surface area contributed by atoms with Crippen molar-refractivity contribution in [3.05, 3.63) is 0 Å². The number of nitrogens with one attached hydrogen (secondary N) is 1. The summed E-state index contributed by atoms with van der Waals surface area (Å²) in [5, 5.41) is 3.02. The average Bonchev–Trinajstić information content (AvgIpc) is 2.25. The van der Waals surface area contributed by atoms with Crippen molar-refractivity contribution in [1.82, 2.24) is 5.32 Å². The Labute approximate surface area is 126 Å². The molecule has 0 radical (unpaired) electrons. The molecule has 0 bridgehead atoms. The molecule has 20 heavy (non-hydrogen) atoms. The molecule has 1 fully saturated rings. The normalized spacial score (nSPS) is 21.6. The molecule has 0 spiro atoms. The zero-order chi connectivity index (χ0) is 15.7. The van der Waals surface area contributed by atoms with Gasteiger partial charge in [0.05, 0.1) is 12.1 Å². The first-order valence-electron chi connectivity index (χ1n) is 8.10. The Morgan fingerprint density at radius 3 is 1.65 bits per heavy atom. The number of carbonyl (C=O) groups excluding carboxylic acids is 1. The van der Waals surface area contributed by atoms with Crippen LogP contribution >= 0.6 is 0 Å². The third-order valence-corrected chi connectivity index (χ3v) is 10.9. The summed E-state index contributed by atoms with van der Waals surface area (Å²) >= 11 is 0. The van der Waals surface area contributed by atoms with Crippen LogP contribution in [-0.2, 0) is 9.22 Å². The molecule has 1 heterocycles. The SMILES string of the molecule is CC(C)[C@H](O[Si](C(C)C)(C(C)C)C(C)C)[C@H]1CC(=O)N1. The van der Waals surface area contributed by atoms with Gasteiger partial charge in [0.15, 0.2) is 0 Å². The summed E-state index contributed by atoms with van der Waals surface area (Å²) in [4.78, 5) is 11.2. The molecule has 0 aromatic carbocycles. The molecule has 3 nitrogen and oxygen atoms in total. The van der Waals surface area contributed by atoms with Crippen molar-refractivity contribution in [3.8, 4) is 0 Å². The Hall–Kier alpha value is -0.353. The Bertz CT molecular complexity index is 310. The predicted octanol–water partition coefficient (Wildman–Crippen LogP) is 4.09. The van der Waals surface area contributed by atoms with Gasteiger partial charge in [0.25, 0.3) is 0 Å². The van der Waals surface area contributed by atoms with E-state index in [0.29, 0.717) is 29.0 Å². The van der Waals surface area contributed by atoms with Crippen molar-refractivity contribution in [2.24, 2.45) is 5.92 Å². The molecule has 0 aromatic rings. The number of carbonyl (C=O) groups is 1. The number of rotatable bonds is 7. The van der Waals surface area contributed by atoms with Crippen molar-refractivity contribution in [1.29, 1.82) is 0 Å². The second kappa shape index (κ2) is 6.61. The summed E-state index contributed by atoms with van der Waals surface area (Å²) in [6.45, 7) is 18.3. The van der Waals surface area contributed by atoms with Crippen LogP contribution in [0.1, 0.15) is 61.8 Å². The Morgan fingerprint density at radius 1 is 1.00 bits per heavy atom. The highest BCUT2D eigenvalue weighted by molar-refractivity contribution is 6.77. The minimum absolute atomic E-state index is 0.159. The third-order valence-electron chi connectivity index (χ3n) is 4.85. The zero-order valence-electron chi connectivity index (χ0n) is 14.5. The fraction of sp³-hybridized carbons (Fsp3) is 0.938. The molecule has 1 rings (SSSR count). The van der Waals surface area contributed by atoms with Gasteiger partial charge in [0.1, 0.15) is 0 Å². The Kier molecular flexibility index (Phi) is 5.85. The van der Waals surface area contributed by atoms with Gasteiger partial charge < -0.3 is 9.74 Å². The van der Waals surface area contributed by atoms with Gasteiger partial charge in [-0.25, -0.2) is 0 Å². The molecule has 0 aromatic heterocycles. The smallest absolute Gasteiger partial charge is 0.222 e. The van der Waals surface area contributed by atoms with E-state index in [4.69, 9.17) is 4.43 Å². The van der Waals surface area contributed by atoms with Gasteiger partial charge in [0, 0.05) is 6.42 Å². The number of hydrogen-bond acceptors (Lipinski definition) is 2. The molecule has 1 aliphatic heterocycles. The zero-order valence-corrected chi connectivity index (χ0v) is 15.5. The standard InChI is InChI=1S/C16H33NO2Si/c1-10(2)16(14-9-15(18)17-14)19-20(11(3)4,12(5)6)13(7)8/h10-14,16H,9H2,1-8H3,(H,17,18)/t14-,16+/m1/s1. The number of amides is 1. The van der Waals surface area contributed by atoms with E-state index in [1.54, 1.807) is 0 Å². The number of β-lactam (4-membered cyclic amide) rings is 1. The lowest BCUT2D eigenvalue weighted by Crippen LogP contribution is -2.61. The average molecular weight is 300 g/mol. The van der Waals surface area contributed by atoms with Gasteiger partial charge in [-0.15, -0.1) is 0 Å². The molecule has 1 saturated heterocycles. The minimum atomic E-state index is -1.87. The highest BCUT2D eigenvalue weighted by Crippen LogP contribution is 2.44. The fourth-order valence-electron chi connectivity index (χ4n) is 3.91. The van der Waals surface area contributed by atoms with Crippen LogP contribution in [0.3, 0.4) is 0 Å². The van der Waals surface area contributed by atoms with E-state index in [1.165, 1.54) is 0 Å². The molecule has 118 valence electrons. The van der Waals surface area contributed by atoms with Gasteiger partial charge in [-0.2, -0.15) is 0 Å². The minimum Gasteiger partial charge on any atom is -0.411 e. The highest BCUT2D eigenvalue weighted by Gasteiger charge is 2.49. The van der Waals surface area contributed by atoms with Crippen molar-refractivity contribution in [2.45, 2.75) is 90.6 Å². The van der Waals surface area contributed by atoms with Gasteiger partial charge in [-0.3, -0.25) is 4.79 Å². The lowest BCUT2D eigenvalue weighted by atomic mass is 9.92. The van der Waals surface area contributed by atoms with Gasteiger partial charge in [-0.1, -0.05) is 55.4 Å². The van der Waals surface area contributed by atoms with Crippen LogP contribution < -0.4 is 5.32 Å². The first-order valence-corrected chi connectivity index (χ1v) is 10.2. The van der Waals surface area contributed by atoms with Gasteiger partial charge in [-0.05, 0) is 22.5 Å². The quantitative estimate of drug-likeness (QED) is 0.568. The van der Waals surface area contributed by atoms with E-state index in [2.05, 4.69) is 60.7 Å². The van der Waals surface area contributed by atoms with E-state index in [9.17, 15) is 4.79 Å². The monoisotopic (exact) mass is 299 g/mol. The molecular formula is C16H33NO2Si. The lowest BCUT2D eigenvalue weighted by molar-refractivity contribution is -0.131. The van der Waals surface area contributed by atoms with Crippen LogP contribution in [0.4, 0.5) is 0 Å².